The van der Waals surface area contributed by atoms with Crippen LogP contribution in [0.5, 0.6) is 0 Å². The molecule has 2 heterocycles. The number of H-pyrrole nitrogens is 1. The largest absolute Gasteiger partial charge is 0.381 e. The summed E-state index contributed by atoms with van der Waals surface area (Å²) in [5.74, 6) is 7.47. The number of nitriles is 1. The SMILES string of the molecule is CC1(C#Cc2ccc3c(c2)c2cc(Cl)ccc2c2nc(-c4c(Cl)cccc4C#N)[nH]c32)CCOCC1. The summed E-state index contributed by atoms with van der Waals surface area (Å²) in [6.45, 7) is 3.72. The van der Waals surface area contributed by atoms with Crippen molar-refractivity contribution >= 4 is 55.8 Å². The van der Waals surface area contributed by atoms with Crippen molar-refractivity contribution in [2.75, 3.05) is 13.2 Å². The summed E-state index contributed by atoms with van der Waals surface area (Å²) in [6, 6.07) is 19.6. The molecule has 0 spiro atoms. The number of halogens is 2. The van der Waals surface area contributed by atoms with E-state index in [1.165, 1.54) is 0 Å². The minimum absolute atomic E-state index is 0.0335. The van der Waals surface area contributed by atoms with Crippen molar-refractivity contribution in [2.45, 2.75) is 19.8 Å². The van der Waals surface area contributed by atoms with Crippen LogP contribution >= 0.6 is 23.2 Å². The highest BCUT2D eigenvalue weighted by Gasteiger charge is 2.25. The normalized spacial score (nSPS) is 15.1. The van der Waals surface area contributed by atoms with Crippen LogP contribution in [-0.4, -0.2) is 23.2 Å². The predicted octanol–water partition coefficient (Wildman–Crippen LogP) is 7.88. The van der Waals surface area contributed by atoms with E-state index in [0.717, 1.165) is 64.2 Å². The molecular formula is C30H21Cl2N3O. The first-order valence-corrected chi connectivity index (χ1v) is 12.6. The molecule has 1 N–H and O–H groups in total. The van der Waals surface area contributed by atoms with Crippen LogP contribution in [0.2, 0.25) is 10.0 Å². The van der Waals surface area contributed by atoms with Crippen LogP contribution in [0.4, 0.5) is 0 Å². The molecule has 1 saturated heterocycles. The average Bonchev–Trinajstić information content (AvgIpc) is 3.33. The maximum absolute atomic E-state index is 9.66. The molecule has 0 bridgehead atoms. The molecule has 6 heteroatoms. The highest BCUT2D eigenvalue weighted by Crippen LogP contribution is 2.38. The second-order valence-electron chi connectivity index (χ2n) is 9.46. The van der Waals surface area contributed by atoms with Crippen molar-refractivity contribution in [3.8, 4) is 29.3 Å². The zero-order valence-electron chi connectivity index (χ0n) is 19.6. The molecule has 1 fully saturated rings. The van der Waals surface area contributed by atoms with Gasteiger partial charge in [0.1, 0.15) is 5.82 Å². The van der Waals surface area contributed by atoms with E-state index >= 15 is 0 Å². The summed E-state index contributed by atoms with van der Waals surface area (Å²) in [5.41, 5.74) is 3.68. The van der Waals surface area contributed by atoms with E-state index in [-0.39, 0.29) is 5.41 Å². The van der Waals surface area contributed by atoms with E-state index in [1.54, 1.807) is 18.2 Å². The van der Waals surface area contributed by atoms with E-state index in [2.05, 4.69) is 42.0 Å². The quantitative estimate of drug-likeness (QED) is 0.184. The Morgan fingerprint density at radius 1 is 0.972 bits per heavy atom. The Hall–Kier alpha value is -3.54. The van der Waals surface area contributed by atoms with Gasteiger partial charge in [0, 0.05) is 40.0 Å². The number of ether oxygens (including phenoxy) is 1. The van der Waals surface area contributed by atoms with Gasteiger partial charge in [-0.2, -0.15) is 5.26 Å². The first-order chi connectivity index (χ1) is 17.5. The molecule has 36 heavy (non-hydrogen) atoms. The molecule has 4 nitrogen and oxygen atoms in total. The lowest BCUT2D eigenvalue weighted by Gasteiger charge is -2.28. The molecule has 1 aliphatic heterocycles. The Labute approximate surface area is 218 Å². The number of benzene rings is 4. The van der Waals surface area contributed by atoms with Crippen molar-refractivity contribution in [1.29, 1.82) is 5.26 Å². The Morgan fingerprint density at radius 2 is 1.75 bits per heavy atom. The molecule has 0 saturated carbocycles. The van der Waals surface area contributed by atoms with Gasteiger partial charge in [0.05, 0.1) is 33.3 Å². The van der Waals surface area contributed by atoms with Crippen LogP contribution in [0.3, 0.4) is 0 Å². The summed E-state index contributed by atoms with van der Waals surface area (Å²) in [7, 11) is 0. The smallest absolute Gasteiger partial charge is 0.141 e. The van der Waals surface area contributed by atoms with Crippen molar-refractivity contribution in [1.82, 2.24) is 9.97 Å². The predicted molar refractivity (Wildman–Crippen MR) is 146 cm³/mol. The van der Waals surface area contributed by atoms with Gasteiger partial charge in [0.2, 0.25) is 0 Å². The lowest BCUT2D eigenvalue weighted by atomic mass is 9.83. The maximum atomic E-state index is 9.66. The third-order valence-electron chi connectivity index (χ3n) is 7.00. The molecule has 1 aromatic heterocycles. The van der Waals surface area contributed by atoms with Crippen LogP contribution in [0.15, 0.2) is 54.6 Å². The van der Waals surface area contributed by atoms with Crippen molar-refractivity contribution in [3.63, 3.8) is 0 Å². The summed E-state index contributed by atoms with van der Waals surface area (Å²) in [6.07, 6.45) is 1.88. The van der Waals surface area contributed by atoms with Gasteiger partial charge >= 0.3 is 0 Å². The van der Waals surface area contributed by atoms with Crippen molar-refractivity contribution in [3.05, 3.63) is 75.8 Å². The lowest BCUT2D eigenvalue weighted by Crippen LogP contribution is -2.24. The topological polar surface area (TPSA) is 61.7 Å². The number of hydrogen-bond acceptors (Lipinski definition) is 3. The molecule has 1 aliphatic rings. The molecule has 6 rings (SSSR count). The standard InChI is InChI=1S/C30H21Cl2N3O/c1-30(11-13-36-14-12-30)10-9-18-5-7-21-23(15-18)24-16-20(31)6-8-22(24)28-27(21)34-29(35-28)26-19(17-33)3-2-4-25(26)32/h2-8,15-16H,11-14H2,1H3,(H,34,35). The van der Waals surface area contributed by atoms with E-state index in [0.29, 0.717) is 27.0 Å². The number of nitrogens with zero attached hydrogens (tertiary/aromatic N) is 2. The second kappa shape index (κ2) is 8.84. The molecular weight excluding hydrogens is 489 g/mol. The van der Waals surface area contributed by atoms with Gasteiger partial charge in [-0.1, -0.05) is 53.2 Å². The van der Waals surface area contributed by atoms with Gasteiger partial charge in [-0.05, 0) is 66.9 Å². The van der Waals surface area contributed by atoms with Crippen LogP contribution in [0, 0.1) is 28.6 Å². The number of aromatic amines is 1. The second-order valence-corrected chi connectivity index (χ2v) is 10.3. The van der Waals surface area contributed by atoms with Gasteiger partial charge < -0.3 is 9.72 Å². The van der Waals surface area contributed by atoms with E-state index in [1.807, 2.05) is 24.3 Å². The lowest BCUT2D eigenvalue weighted by molar-refractivity contribution is 0.0487. The van der Waals surface area contributed by atoms with Gasteiger partial charge in [-0.25, -0.2) is 4.98 Å². The van der Waals surface area contributed by atoms with E-state index in [9.17, 15) is 5.26 Å². The van der Waals surface area contributed by atoms with E-state index < -0.39 is 0 Å². The van der Waals surface area contributed by atoms with Crippen molar-refractivity contribution < 1.29 is 4.74 Å². The highest BCUT2D eigenvalue weighted by molar-refractivity contribution is 6.34. The van der Waals surface area contributed by atoms with Gasteiger partial charge in [-0.15, -0.1) is 0 Å². The number of rotatable bonds is 1. The molecule has 0 amide bonds. The minimum Gasteiger partial charge on any atom is -0.381 e. The molecule has 4 aromatic carbocycles. The molecule has 176 valence electrons. The van der Waals surface area contributed by atoms with Crippen LogP contribution in [0.1, 0.15) is 30.9 Å². The van der Waals surface area contributed by atoms with Gasteiger partial charge in [0.15, 0.2) is 0 Å². The van der Waals surface area contributed by atoms with E-state index in [4.69, 9.17) is 32.9 Å². The first kappa shape index (κ1) is 22.9. The fourth-order valence-electron chi connectivity index (χ4n) is 4.92. The van der Waals surface area contributed by atoms with Gasteiger partial charge in [-0.3, -0.25) is 0 Å². The zero-order chi connectivity index (χ0) is 24.9. The Morgan fingerprint density at radius 3 is 2.56 bits per heavy atom. The summed E-state index contributed by atoms with van der Waals surface area (Å²) in [4.78, 5) is 8.37. The Bertz CT molecular complexity index is 1780. The number of hydrogen-bond donors (Lipinski definition) is 1. The van der Waals surface area contributed by atoms with Crippen LogP contribution in [0.25, 0.3) is 44.0 Å². The summed E-state index contributed by atoms with van der Waals surface area (Å²) < 4.78 is 5.51. The molecule has 0 aliphatic carbocycles. The molecule has 0 atom stereocenters. The first-order valence-electron chi connectivity index (χ1n) is 11.8. The van der Waals surface area contributed by atoms with Crippen LogP contribution in [-0.2, 0) is 4.74 Å². The molecule has 0 radical (unpaired) electrons. The molecule has 5 aromatic rings. The number of imidazole rings is 1. The maximum Gasteiger partial charge on any atom is 0.141 e. The third kappa shape index (κ3) is 3.89. The summed E-state index contributed by atoms with van der Waals surface area (Å²) >= 11 is 12.9. The van der Waals surface area contributed by atoms with Gasteiger partial charge in [0.25, 0.3) is 0 Å². The minimum atomic E-state index is -0.0335. The fraction of sp³-hybridized carbons (Fsp3) is 0.200. The molecule has 0 unspecified atom stereocenters. The average molecular weight is 510 g/mol. The Kier molecular flexibility index (Phi) is 5.62. The fourth-order valence-corrected chi connectivity index (χ4v) is 5.35. The number of fused-ring (bicyclic) bond motifs is 6. The number of nitrogens with one attached hydrogen (secondary N) is 1. The monoisotopic (exact) mass is 509 g/mol. The number of aromatic nitrogens is 2. The Balaban J connectivity index is 1.60. The van der Waals surface area contributed by atoms with Crippen molar-refractivity contribution in [2.24, 2.45) is 5.41 Å². The third-order valence-corrected chi connectivity index (χ3v) is 7.55. The highest BCUT2D eigenvalue weighted by atomic mass is 35.5. The zero-order valence-corrected chi connectivity index (χ0v) is 21.1. The summed E-state index contributed by atoms with van der Waals surface area (Å²) in [5, 5.41) is 14.8. The van der Waals surface area contributed by atoms with Crippen LogP contribution < -0.4 is 0 Å².